The topological polar surface area (TPSA) is 67.1 Å². The SMILES string of the molecule is CCNC(=NCc1ccc(CC)s1)NCCc1nnc2n1CCCCC2.I. The van der Waals surface area contributed by atoms with Crippen LogP contribution >= 0.6 is 35.3 Å². The van der Waals surface area contributed by atoms with Gasteiger partial charge in [-0.3, -0.25) is 0 Å². The quantitative estimate of drug-likeness (QED) is 0.345. The zero-order valence-electron chi connectivity index (χ0n) is 16.3. The van der Waals surface area contributed by atoms with Crippen molar-refractivity contribution >= 4 is 41.3 Å². The van der Waals surface area contributed by atoms with Crippen molar-refractivity contribution in [2.75, 3.05) is 13.1 Å². The summed E-state index contributed by atoms with van der Waals surface area (Å²) in [4.78, 5) is 7.44. The summed E-state index contributed by atoms with van der Waals surface area (Å²) < 4.78 is 2.32. The van der Waals surface area contributed by atoms with Gasteiger partial charge in [0.25, 0.3) is 0 Å². The molecule has 2 N–H and O–H groups in total. The molecular formula is C19H31IN6S. The molecule has 0 spiro atoms. The van der Waals surface area contributed by atoms with Gasteiger partial charge in [0.15, 0.2) is 5.96 Å². The van der Waals surface area contributed by atoms with E-state index in [2.05, 4.69) is 51.4 Å². The Morgan fingerprint density at radius 1 is 1.15 bits per heavy atom. The highest BCUT2D eigenvalue weighted by atomic mass is 127. The van der Waals surface area contributed by atoms with Crippen LogP contribution in [0.15, 0.2) is 17.1 Å². The van der Waals surface area contributed by atoms with E-state index in [1.54, 1.807) is 0 Å². The Balaban J connectivity index is 0.00000261. The molecule has 3 heterocycles. The van der Waals surface area contributed by atoms with Gasteiger partial charge in [-0.25, -0.2) is 4.99 Å². The van der Waals surface area contributed by atoms with Crippen molar-refractivity contribution < 1.29 is 0 Å². The van der Waals surface area contributed by atoms with E-state index in [1.165, 1.54) is 29.0 Å². The van der Waals surface area contributed by atoms with Gasteiger partial charge >= 0.3 is 0 Å². The predicted molar refractivity (Wildman–Crippen MR) is 123 cm³/mol. The average Bonchev–Trinajstić information content (AvgIpc) is 3.20. The number of fused-ring (bicyclic) bond motifs is 1. The largest absolute Gasteiger partial charge is 0.357 e. The van der Waals surface area contributed by atoms with Crippen molar-refractivity contribution in [3.8, 4) is 0 Å². The monoisotopic (exact) mass is 502 g/mol. The van der Waals surface area contributed by atoms with Gasteiger partial charge in [0, 0.05) is 42.2 Å². The zero-order valence-corrected chi connectivity index (χ0v) is 19.5. The van der Waals surface area contributed by atoms with Crippen LogP contribution in [0.2, 0.25) is 0 Å². The number of thiophene rings is 1. The number of aryl methyl sites for hydroxylation is 2. The molecule has 3 rings (SSSR count). The van der Waals surface area contributed by atoms with Crippen LogP contribution in [-0.4, -0.2) is 33.8 Å². The van der Waals surface area contributed by atoms with E-state index >= 15 is 0 Å². The molecule has 0 fully saturated rings. The van der Waals surface area contributed by atoms with Gasteiger partial charge in [-0.2, -0.15) is 0 Å². The first-order valence-corrected chi connectivity index (χ1v) is 10.6. The number of nitrogens with zero attached hydrogens (tertiary/aromatic N) is 4. The van der Waals surface area contributed by atoms with E-state index in [9.17, 15) is 0 Å². The first kappa shape index (κ1) is 22.1. The van der Waals surface area contributed by atoms with E-state index in [-0.39, 0.29) is 24.0 Å². The van der Waals surface area contributed by atoms with Crippen LogP contribution in [0.1, 0.15) is 54.5 Å². The summed E-state index contributed by atoms with van der Waals surface area (Å²) in [7, 11) is 0. The van der Waals surface area contributed by atoms with Crippen LogP contribution in [0, 0.1) is 0 Å². The van der Waals surface area contributed by atoms with E-state index in [0.29, 0.717) is 0 Å². The van der Waals surface area contributed by atoms with Gasteiger partial charge in [0.1, 0.15) is 11.6 Å². The third kappa shape index (κ3) is 6.44. The second-order valence-corrected chi connectivity index (χ2v) is 7.84. The number of hydrogen-bond acceptors (Lipinski definition) is 4. The third-order valence-electron chi connectivity index (χ3n) is 4.63. The first-order valence-electron chi connectivity index (χ1n) is 9.80. The minimum absolute atomic E-state index is 0. The first-order chi connectivity index (χ1) is 12.8. The lowest BCUT2D eigenvalue weighted by molar-refractivity contribution is 0.600. The molecule has 0 aliphatic carbocycles. The lowest BCUT2D eigenvalue weighted by atomic mass is 10.2. The molecule has 0 bridgehead atoms. The molecule has 0 atom stereocenters. The molecule has 6 nitrogen and oxygen atoms in total. The van der Waals surface area contributed by atoms with Crippen molar-refractivity contribution in [3.63, 3.8) is 0 Å². The maximum atomic E-state index is 4.71. The normalized spacial score (nSPS) is 14.2. The van der Waals surface area contributed by atoms with Crippen LogP contribution in [-0.2, 0) is 32.4 Å². The number of aliphatic imine (C=N–C) groups is 1. The molecule has 8 heteroatoms. The average molecular weight is 502 g/mol. The molecule has 1 aliphatic rings. The molecule has 0 unspecified atom stereocenters. The standard InChI is InChI=1S/C19H30N6S.HI/c1-3-15-9-10-16(26-15)14-22-19(20-4-2)21-12-11-18-24-23-17-8-6-5-7-13-25(17)18;/h9-10H,3-8,11-14H2,1-2H3,(H2,20,21,22);1H. The van der Waals surface area contributed by atoms with Gasteiger partial charge in [-0.05, 0) is 38.3 Å². The summed E-state index contributed by atoms with van der Waals surface area (Å²) in [5, 5.41) is 15.5. The van der Waals surface area contributed by atoms with Crippen molar-refractivity contribution in [2.45, 2.75) is 65.5 Å². The molecule has 150 valence electrons. The summed E-state index contributed by atoms with van der Waals surface area (Å²) in [5.74, 6) is 3.12. The molecule has 0 saturated heterocycles. The maximum absolute atomic E-state index is 4.71. The number of hydrogen-bond donors (Lipinski definition) is 2. The highest BCUT2D eigenvalue weighted by Crippen LogP contribution is 2.17. The van der Waals surface area contributed by atoms with Crippen LogP contribution in [0.4, 0.5) is 0 Å². The fourth-order valence-corrected chi connectivity index (χ4v) is 4.10. The van der Waals surface area contributed by atoms with Gasteiger partial charge in [0.05, 0.1) is 6.54 Å². The van der Waals surface area contributed by atoms with Crippen LogP contribution in [0.25, 0.3) is 0 Å². The molecule has 0 amide bonds. The highest BCUT2D eigenvalue weighted by molar-refractivity contribution is 14.0. The third-order valence-corrected chi connectivity index (χ3v) is 5.84. The van der Waals surface area contributed by atoms with Crippen LogP contribution in [0.5, 0.6) is 0 Å². The summed E-state index contributed by atoms with van der Waals surface area (Å²) >= 11 is 1.85. The smallest absolute Gasteiger partial charge is 0.191 e. The summed E-state index contributed by atoms with van der Waals surface area (Å²) in [6.45, 7) is 7.74. The molecule has 1 aliphatic heterocycles. The summed E-state index contributed by atoms with van der Waals surface area (Å²) in [6, 6.07) is 4.38. The minimum Gasteiger partial charge on any atom is -0.357 e. The summed E-state index contributed by atoms with van der Waals surface area (Å²) in [6.07, 6.45) is 6.78. The number of guanidine groups is 1. The fraction of sp³-hybridized carbons (Fsp3) is 0.632. The van der Waals surface area contributed by atoms with Crippen molar-refractivity contribution in [2.24, 2.45) is 4.99 Å². The predicted octanol–water partition coefficient (Wildman–Crippen LogP) is 3.54. The number of aromatic nitrogens is 3. The van der Waals surface area contributed by atoms with Gasteiger partial charge in [-0.15, -0.1) is 45.5 Å². The van der Waals surface area contributed by atoms with Gasteiger partial charge in [-0.1, -0.05) is 13.3 Å². The molecule has 2 aromatic rings. The second-order valence-electron chi connectivity index (χ2n) is 6.59. The molecule has 2 aromatic heterocycles. The highest BCUT2D eigenvalue weighted by Gasteiger charge is 2.14. The van der Waals surface area contributed by atoms with E-state index in [1.807, 2.05) is 11.3 Å². The lowest BCUT2D eigenvalue weighted by Crippen LogP contribution is -2.38. The van der Waals surface area contributed by atoms with Crippen LogP contribution in [0.3, 0.4) is 0 Å². The Labute approximate surface area is 183 Å². The number of nitrogens with one attached hydrogen (secondary N) is 2. The molecule has 0 aromatic carbocycles. The van der Waals surface area contributed by atoms with Crippen molar-refractivity contribution in [1.82, 2.24) is 25.4 Å². The Morgan fingerprint density at radius 2 is 2.00 bits per heavy atom. The van der Waals surface area contributed by atoms with Crippen LogP contribution < -0.4 is 10.6 Å². The molecular weight excluding hydrogens is 471 g/mol. The van der Waals surface area contributed by atoms with E-state index in [4.69, 9.17) is 4.99 Å². The molecule has 0 radical (unpaired) electrons. The Bertz CT molecular complexity index is 724. The fourth-order valence-electron chi connectivity index (χ4n) is 3.22. The maximum Gasteiger partial charge on any atom is 0.191 e. The Kier molecular flexibility index (Phi) is 9.53. The van der Waals surface area contributed by atoms with Crippen molar-refractivity contribution in [1.29, 1.82) is 0 Å². The van der Waals surface area contributed by atoms with Gasteiger partial charge < -0.3 is 15.2 Å². The van der Waals surface area contributed by atoms with E-state index < -0.39 is 0 Å². The van der Waals surface area contributed by atoms with Gasteiger partial charge in [0.2, 0.25) is 0 Å². The van der Waals surface area contributed by atoms with E-state index in [0.717, 1.165) is 63.0 Å². The molecule has 0 saturated carbocycles. The Morgan fingerprint density at radius 3 is 2.78 bits per heavy atom. The lowest BCUT2D eigenvalue weighted by Gasteiger charge is -2.11. The minimum atomic E-state index is 0. The Hall–Kier alpha value is -1.16. The second kappa shape index (κ2) is 11.6. The number of halogens is 1. The van der Waals surface area contributed by atoms with Crippen molar-refractivity contribution in [3.05, 3.63) is 33.5 Å². The summed E-state index contributed by atoms with van der Waals surface area (Å²) in [5.41, 5.74) is 0. The number of rotatable bonds is 7. The zero-order chi connectivity index (χ0) is 18.2. The molecule has 27 heavy (non-hydrogen) atoms.